The van der Waals surface area contributed by atoms with E-state index in [0.717, 1.165) is 18.5 Å². The van der Waals surface area contributed by atoms with E-state index in [2.05, 4.69) is 26.0 Å². The van der Waals surface area contributed by atoms with Gasteiger partial charge in [-0.2, -0.15) is 31.4 Å². The molecule has 2 aromatic carbocycles. The second kappa shape index (κ2) is 10.5. The number of rotatable bonds is 5. The number of nitrogens with one attached hydrogen (secondary N) is 3. The van der Waals surface area contributed by atoms with Crippen molar-refractivity contribution in [2.24, 2.45) is 16.6 Å². The molecule has 218 valence electrons. The molecule has 5 rings (SSSR count). The quantitative estimate of drug-likeness (QED) is 0.303. The maximum absolute atomic E-state index is 13.6. The van der Waals surface area contributed by atoms with Crippen molar-refractivity contribution in [3.8, 4) is 0 Å². The smallest absolute Gasteiger partial charge is 0.351 e. The van der Waals surface area contributed by atoms with Crippen molar-refractivity contribution in [1.82, 2.24) is 20.4 Å². The van der Waals surface area contributed by atoms with Crippen molar-refractivity contribution >= 4 is 17.1 Å². The molecule has 41 heavy (non-hydrogen) atoms. The molecule has 0 amide bonds. The summed E-state index contributed by atoms with van der Waals surface area (Å²) in [5.41, 5.74) is 6.96. The summed E-state index contributed by atoms with van der Waals surface area (Å²) in [5.74, 6) is -1.67. The monoisotopic (exact) mass is 577 g/mol. The number of halogens is 6. The van der Waals surface area contributed by atoms with Gasteiger partial charge in [-0.15, -0.1) is 0 Å². The minimum atomic E-state index is -5.03. The summed E-state index contributed by atoms with van der Waals surface area (Å²) in [5, 5.41) is 13.6. The first-order chi connectivity index (χ1) is 19.2. The minimum absolute atomic E-state index is 0.0596. The third kappa shape index (κ3) is 6.25. The number of aliphatic imine (C=N–C) groups is 1. The Balaban J connectivity index is 1.59. The molecule has 0 aliphatic carbocycles. The van der Waals surface area contributed by atoms with Crippen molar-refractivity contribution < 1.29 is 26.3 Å². The lowest BCUT2D eigenvalue weighted by Crippen LogP contribution is -2.50. The van der Waals surface area contributed by atoms with Gasteiger partial charge in [-0.3, -0.25) is 10.4 Å². The van der Waals surface area contributed by atoms with E-state index in [9.17, 15) is 26.3 Å². The molecule has 1 atom stereocenters. The van der Waals surface area contributed by atoms with Crippen LogP contribution in [0, 0.1) is 5.92 Å². The summed E-state index contributed by atoms with van der Waals surface area (Å²) < 4.78 is 83.4. The van der Waals surface area contributed by atoms with E-state index in [4.69, 9.17) is 5.73 Å². The Kier molecular flexibility index (Phi) is 7.36. The summed E-state index contributed by atoms with van der Waals surface area (Å²) >= 11 is 0. The molecule has 2 aliphatic rings. The Morgan fingerprint density at radius 3 is 2.39 bits per heavy atom. The van der Waals surface area contributed by atoms with Crippen LogP contribution in [0.25, 0.3) is 5.57 Å². The Morgan fingerprint density at radius 2 is 1.73 bits per heavy atom. The number of hydrogen-bond acceptors (Lipinski definition) is 6. The zero-order chi connectivity index (χ0) is 29.6. The summed E-state index contributed by atoms with van der Waals surface area (Å²) in [6.45, 7) is 6.24. The maximum Gasteiger partial charge on any atom is 0.416 e. The van der Waals surface area contributed by atoms with Gasteiger partial charge < -0.3 is 16.0 Å². The zero-order valence-electron chi connectivity index (χ0n) is 22.3. The second-order valence-corrected chi connectivity index (χ2v) is 10.6. The number of alkyl halides is 6. The molecule has 0 spiro atoms. The molecule has 0 radical (unpaired) electrons. The van der Waals surface area contributed by atoms with Crippen LogP contribution in [0.1, 0.15) is 47.2 Å². The highest BCUT2D eigenvalue weighted by Crippen LogP contribution is 2.39. The number of hydrogen-bond donors (Lipinski definition) is 4. The van der Waals surface area contributed by atoms with Crippen LogP contribution >= 0.6 is 0 Å². The number of nitrogens with two attached hydrogens (primary N) is 1. The standard InChI is InChI=1S/C28H29F6N7/c1-16(2)14-41-15-19(12-38-41)24-13-37-28(35,22-9-20(26(29,30)31)8-21(10-22)27(32,33)34)40-25(24)39-23-4-3-17-5-6-36-11-18(17)7-23/h3-4,7-10,12-13,15-16,36-37H,5-6,11,14,35H2,1-2H3,(H,39,40). The third-order valence-electron chi connectivity index (χ3n) is 6.86. The molecular formula is C28H29F6N7. The minimum Gasteiger partial charge on any atom is -0.351 e. The van der Waals surface area contributed by atoms with E-state index in [1.807, 2.05) is 32.0 Å². The molecule has 2 aliphatic heterocycles. The predicted molar refractivity (Wildman–Crippen MR) is 143 cm³/mol. The van der Waals surface area contributed by atoms with Gasteiger partial charge >= 0.3 is 12.4 Å². The van der Waals surface area contributed by atoms with Crippen LogP contribution in [0.4, 0.5) is 32.0 Å². The Morgan fingerprint density at radius 1 is 1.02 bits per heavy atom. The van der Waals surface area contributed by atoms with Gasteiger partial charge in [0.25, 0.3) is 0 Å². The van der Waals surface area contributed by atoms with Crippen LogP contribution < -0.4 is 21.7 Å². The molecule has 0 saturated carbocycles. The molecule has 5 N–H and O–H groups in total. The van der Waals surface area contributed by atoms with Crippen molar-refractivity contribution in [2.75, 3.05) is 11.9 Å². The number of nitrogens with zero attached hydrogens (tertiary/aromatic N) is 3. The molecule has 0 saturated heterocycles. The van der Waals surface area contributed by atoms with Gasteiger partial charge in [0.05, 0.1) is 17.3 Å². The molecule has 0 bridgehead atoms. The largest absolute Gasteiger partial charge is 0.416 e. The van der Waals surface area contributed by atoms with E-state index in [0.29, 0.717) is 48.0 Å². The van der Waals surface area contributed by atoms with Crippen LogP contribution in [0.15, 0.2) is 60.0 Å². The van der Waals surface area contributed by atoms with Crippen molar-refractivity contribution in [1.29, 1.82) is 0 Å². The molecular weight excluding hydrogens is 548 g/mol. The molecule has 1 aromatic heterocycles. The summed E-state index contributed by atoms with van der Waals surface area (Å²) in [6.07, 6.45) is -4.37. The fraction of sp³-hybridized carbons (Fsp3) is 0.357. The molecule has 13 heteroatoms. The average molecular weight is 578 g/mol. The van der Waals surface area contributed by atoms with Crippen LogP contribution in [-0.4, -0.2) is 22.2 Å². The molecule has 3 heterocycles. The lowest BCUT2D eigenvalue weighted by atomic mass is 9.98. The molecule has 7 nitrogen and oxygen atoms in total. The Labute approximate surface area is 232 Å². The number of benzene rings is 2. The van der Waals surface area contributed by atoms with Crippen LogP contribution in [0.3, 0.4) is 0 Å². The predicted octanol–water partition coefficient (Wildman–Crippen LogP) is 5.45. The van der Waals surface area contributed by atoms with Crippen LogP contribution in [0.2, 0.25) is 0 Å². The topological polar surface area (TPSA) is 92.3 Å². The van der Waals surface area contributed by atoms with Crippen molar-refractivity contribution in [2.45, 2.75) is 51.5 Å². The average Bonchev–Trinajstić information content (AvgIpc) is 3.35. The van der Waals surface area contributed by atoms with Gasteiger partial charge in [-0.25, -0.2) is 4.99 Å². The third-order valence-corrected chi connectivity index (χ3v) is 6.86. The summed E-state index contributed by atoms with van der Waals surface area (Å²) in [4.78, 5) is 4.48. The first kappa shape index (κ1) is 28.7. The van der Waals surface area contributed by atoms with E-state index in [-0.39, 0.29) is 11.9 Å². The SMILES string of the molecule is CC(C)Cn1cc(C2=CNC(N)(c3cc(C(F)(F)F)cc(C(F)(F)F)c3)N=C2Nc2ccc3c(c2)CNCC3)cn1. The van der Waals surface area contributed by atoms with E-state index < -0.39 is 34.8 Å². The van der Waals surface area contributed by atoms with E-state index in [1.165, 1.54) is 11.8 Å². The highest BCUT2D eigenvalue weighted by atomic mass is 19.4. The fourth-order valence-corrected chi connectivity index (χ4v) is 4.83. The summed E-state index contributed by atoms with van der Waals surface area (Å²) in [7, 11) is 0. The highest BCUT2D eigenvalue weighted by molar-refractivity contribution is 6.28. The second-order valence-electron chi connectivity index (χ2n) is 10.6. The van der Waals surface area contributed by atoms with Gasteiger partial charge in [0.2, 0.25) is 5.79 Å². The lowest BCUT2D eigenvalue weighted by Gasteiger charge is -2.33. The van der Waals surface area contributed by atoms with Crippen LogP contribution in [0.5, 0.6) is 0 Å². The zero-order valence-corrected chi connectivity index (χ0v) is 22.3. The lowest BCUT2D eigenvalue weighted by molar-refractivity contribution is -0.143. The van der Waals surface area contributed by atoms with Gasteiger partial charge in [-0.05, 0) is 60.3 Å². The normalized spacial score (nSPS) is 19.4. The van der Waals surface area contributed by atoms with Gasteiger partial charge in [0, 0.05) is 47.9 Å². The first-order valence-corrected chi connectivity index (χ1v) is 13.0. The van der Waals surface area contributed by atoms with Crippen LogP contribution in [-0.2, 0) is 37.6 Å². The number of aromatic nitrogens is 2. The number of amidine groups is 1. The van der Waals surface area contributed by atoms with Crippen molar-refractivity contribution in [3.63, 3.8) is 0 Å². The van der Waals surface area contributed by atoms with E-state index >= 15 is 0 Å². The molecule has 1 unspecified atom stereocenters. The van der Waals surface area contributed by atoms with Crippen molar-refractivity contribution in [3.05, 3.63) is 88.4 Å². The molecule has 3 aromatic rings. The summed E-state index contributed by atoms with van der Waals surface area (Å²) in [6, 6.07) is 6.96. The number of anilines is 1. The fourth-order valence-electron chi connectivity index (χ4n) is 4.83. The molecule has 0 fully saturated rings. The van der Waals surface area contributed by atoms with E-state index in [1.54, 1.807) is 17.1 Å². The van der Waals surface area contributed by atoms with Gasteiger partial charge in [0.15, 0.2) is 0 Å². The number of fused-ring (bicyclic) bond motifs is 1. The van der Waals surface area contributed by atoms with Gasteiger partial charge in [0.1, 0.15) is 5.84 Å². The Hall–Kier alpha value is -3.84. The maximum atomic E-state index is 13.6. The highest BCUT2D eigenvalue weighted by Gasteiger charge is 2.40. The first-order valence-electron chi connectivity index (χ1n) is 13.0. The Bertz CT molecular complexity index is 1470. The van der Waals surface area contributed by atoms with Gasteiger partial charge in [-0.1, -0.05) is 19.9 Å².